The van der Waals surface area contributed by atoms with Crippen molar-refractivity contribution in [3.63, 3.8) is 0 Å². The van der Waals surface area contributed by atoms with E-state index in [0.717, 1.165) is 10.5 Å². The summed E-state index contributed by atoms with van der Waals surface area (Å²) < 4.78 is 0.152. The van der Waals surface area contributed by atoms with E-state index in [2.05, 4.69) is 32.9 Å². The lowest BCUT2D eigenvalue weighted by Gasteiger charge is -2.18. The number of aryl methyl sites for hydroxylation is 1. The van der Waals surface area contributed by atoms with Crippen molar-refractivity contribution in [2.45, 2.75) is 37.3 Å². The molecule has 0 aliphatic rings. The Labute approximate surface area is 90.1 Å². The Balaban J connectivity index is 3.07. The molecular formula is C12H15NS. The maximum atomic E-state index is 8.94. The third-order valence-electron chi connectivity index (χ3n) is 1.67. The highest BCUT2D eigenvalue weighted by Crippen LogP contribution is 2.34. The number of hydrogen-bond donors (Lipinski definition) is 0. The summed E-state index contributed by atoms with van der Waals surface area (Å²) in [6, 6.07) is 8.17. The number of benzene rings is 1. The smallest absolute Gasteiger partial charge is 0.100 e. The molecule has 0 fully saturated rings. The van der Waals surface area contributed by atoms with Crippen LogP contribution in [0.4, 0.5) is 0 Å². The minimum absolute atomic E-state index is 0.152. The predicted octanol–water partition coefficient (Wildman–Crippen LogP) is 3.76. The number of nitrogens with zero attached hydrogens (tertiary/aromatic N) is 1. The zero-order valence-electron chi connectivity index (χ0n) is 9.09. The molecule has 0 aliphatic carbocycles. The molecule has 0 heterocycles. The molecule has 0 aliphatic heterocycles. The first-order valence-electron chi connectivity index (χ1n) is 4.62. The van der Waals surface area contributed by atoms with Crippen molar-refractivity contribution in [3.05, 3.63) is 29.3 Å². The van der Waals surface area contributed by atoms with Crippen molar-refractivity contribution in [3.8, 4) is 6.07 Å². The Morgan fingerprint density at radius 1 is 1.29 bits per heavy atom. The molecule has 0 amide bonds. The topological polar surface area (TPSA) is 23.8 Å². The van der Waals surface area contributed by atoms with Crippen molar-refractivity contribution in [2.24, 2.45) is 0 Å². The van der Waals surface area contributed by atoms with Gasteiger partial charge in [0.05, 0.1) is 5.56 Å². The van der Waals surface area contributed by atoms with Crippen molar-refractivity contribution >= 4 is 11.8 Å². The quantitative estimate of drug-likeness (QED) is 0.652. The zero-order valence-corrected chi connectivity index (χ0v) is 9.90. The molecule has 0 atom stereocenters. The van der Waals surface area contributed by atoms with Crippen LogP contribution in [0.5, 0.6) is 0 Å². The first-order chi connectivity index (χ1) is 6.42. The molecule has 2 heteroatoms. The summed E-state index contributed by atoms with van der Waals surface area (Å²) in [5.41, 5.74) is 1.98. The van der Waals surface area contributed by atoms with Gasteiger partial charge in [0.1, 0.15) is 6.07 Å². The summed E-state index contributed by atoms with van der Waals surface area (Å²) in [5.74, 6) is 0. The van der Waals surface area contributed by atoms with Gasteiger partial charge in [-0.1, -0.05) is 26.8 Å². The Morgan fingerprint density at radius 2 is 1.93 bits per heavy atom. The highest BCUT2D eigenvalue weighted by atomic mass is 32.2. The summed E-state index contributed by atoms with van der Waals surface area (Å²) in [4.78, 5) is 1.08. The van der Waals surface area contributed by atoms with E-state index < -0.39 is 0 Å². The van der Waals surface area contributed by atoms with Crippen LogP contribution < -0.4 is 0 Å². The molecule has 14 heavy (non-hydrogen) atoms. The van der Waals surface area contributed by atoms with Gasteiger partial charge in [-0.2, -0.15) is 5.26 Å². The van der Waals surface area contributed by atoms with Gasteiger partial charge in [-0.15, -0.1) is 11.8 Å². The van der Waals surface area contributed by atoms with Gasteiger partial charge in [0, 0.05) is 9.64 Å². The molecule has 0 aromatic heterocycles. The van der Waals surface area contributed by atoms with Gasteiger partial charge >= 0.3 is 0 Å². The minimum Gasteiger partial charge on any atom is -0.192 e. The average Bonchev–Trinajstić information content (AvgIpc) is 2.01. The van der Waals surface area contributed by atoms with Gasteiger partial charge in [0.2, 0.25) is 0 Å². The van der Waals surface area contributed by atoms with E-state index in [1.807, 2.05) is 19.1 Å². The predicted molar refractivity (Wildman–Crippen MR) is 61.5 cm³/mol. The lowest BCUT2D eigenvalue weighted by Crippen LogP contribution is -2.07. The Hall–Kier alpha value is -0.940. The molecule has 0 saturated heterocycles. The monoisotopic (exact) mass is 205 g/mol. The Kier molecular flexibility index (Phi) is 3.23. The number of hydrogen-bond acceptors (Lipinski definition) is 2. The molecule has 74 valence electrons. The summed E-state index contributed by atoms with van der Waals surface area (Å²) in [7, 11) is 0. The van der Waals surface area contributed by atoms with E-state index in [-0.39, 0.29) is 4.75 Å². The second kappa shape index (κ2) is 4.06. The van der Waals surface area contributed by atoms with Crippen molar-refractivity contribution in [1.29, 1.82) is 5.26 Å². The van der Waals surface area contributed by atoms with Crippen LogP contribution in [0.3, 0.4) is 0 Å². The number of rotatable bonds is 1. The molecule has 1 aromatic rings. The molecule has 1 aromatic carbocycles. The first kappa shape index (κ1) is 11.1. The van der Waals surface area contributed by atoms with E-state index in [1.165, 1.54) is 5.56 Å². The van der Waals surface area contributed by atoms with E-state index in [0.29, 0.717) is 0 Å². The van der Waals surface area contributed by atoms with Gasteiger partial charge in [-0.25, -0.2) is 0 Å². The third-order valence-corrected chi connectivity index (χ3v) is 2.84. The zero-order chi connectivity index (χ0) is 10.8. The van der Waals surface area contributed by atoms with Gasteiger partial charge in [0.25, 0.3) is 0 Å². The molecule has 0 bridgehead atoms. The van der Waals surface area contributed by atoms with Crippen LogP contribution in [0.15, 0.2) is 23.1 Å². The second-order valence-electron chi connectivity index (χ2n) is 4.33. The molecule has 1 rings (SSSR count). The Bertz CT molecular complexity index is 369. The van der Waals surface area contributed by atoms with Crippen LogP contribution in [0.2, 0.25) is 0 Å². The van der Waals surface area contributed by atoms with E-state index in [4.69, 9.17) is 5.26 Å². The second-order valence-corrected chi connectivity index (χ2v) is 6.19. The molecule has 0 N–H and O–H groups in total. The summed E-state index contributed by atoms with van der Waals surface area (Å²) in [6.45, 7) is 8.51. The molecule has 1 nitrogen and oxygen atoms in total. The Morgan fingerprint density at radius 3 is 2.43 bits per heavy atom. The number of nitriles is 1. The lowest BCUT2D eigenvalue weighted by atomic mass is 10.2. The van der Waals surface area contributed by atoms with Crippen LogP contribution in [0.1, 0.15) is 31.9 Å². The van der Waals surface area contributed by atoms with Gasteiger partial charge < -0.3 is 0 Å². The molecule has 0 spiro atoms. The van der Waals surface area contributed by atoms with Crippen molar-refractivity contribution in [2.75, 3.05) is 0 Å². The fourth-order valence-corrected chi connectivity index (χ4v) is 2.26. The summed E-state index contributed by atoms with van der Waals surface area (Å²) in [5, 5.41) is 8.94. The normalized spacial score (nSPS) is 11.1. The van der Waals surface area contributed by atoms with Crippen LogP contribution in [0.25, 0.3) is 0 Å². The highest BCUT2D eigenvalue weighted by Gasteiger charge is 2.14. The number of thioether (sulfide) groups is 1. The lowest BCUT2D eigenvalue weighted by molar-refractivity contribution is 0.802. The first-order valence-corrected chi connectivity index (χ1v) is 5.44. The molecular weight excluding hydrogens is 190 g/mol. The fourth-order valence-electron chi connectivity index (χ4n) is 1.14. The highest BCUT2D eigenvalue weighted by molar-refractivity contribution is 8.00. The maximum absolute atomic E-state index is 8.94. The van der Waals surface area contributed by atoms with Crippen LogP contribution >= 0.6 is 11.8 Å². The maximum Gasteiger partial charge on any atom is 0.100 e. The SMILES string of the molecule is Cc1ccc(C#N)c(SC(C)(C)C)c1. The standard InChI is InChI=1S/C12H15NS/c1-9-5-6-10(8-13)11(7-9)14-12(2,3)4/h5-7H,1-4H3. The van der Waals surface area contributed by atoms with Crippen LogP contribution in [-0.4, -0.2) is 4.75 Å². The third kappa shape index (κ3) is 3.08. The fraction of sp³-hybridized carbons (Fsp3) is 0.417. The summed E-state index contributed by atoms with van der Waals surface area (Å²) >= 11 is 1.74. The van der Waals surface area contributed by atoms with Gasteiger partial charge in [-0.3, -0.25) is 0 Å². The van der Waals surface area contributed by atoms with Crippen LogP contribution in [0, 0.1) is 18.3 Å². The average molecular weight is 205 g/mol. The molecule has 0 saturated carbocycles. The van der Waals surface area contributed by atoms with E-state index in [9.17, 15) is 0 Å². The van der Waals surface area contributed by atoms with Crippen molar-refractivity contribution in [1.82, 2.24) is 0 Å². The van der Waals surface area contributed by atoms with E-state index in [1.54, 1.807) is 11.8 Å². The largest absolute Gasteiger partial charge is 0.192 e. The van der Waals surface area contributed by atoms with Crippen molar-refractivity contribution < 1.29 is 0 Å². The van der Waals surface area contributed by atoms with Crippen LogP contribution in [-0.2, 0) is 0 Å². The van der Waals surface area contributed by atoms with E-state index >= 15 is 0 Å². The van der Waals surface area contributed by atoms with Gasteiger partial charge in [-0.05, 0) is 24.6 Å². The van der Waals surface area contributed by atoms with Gasteiger partial charge in [0.15, 0.2) is 0 Å². The molecule has 0 unspecified atom stereocenters. The minimum atomic E-state index is 0.152. The summed E-state index contributed by atoms with van der Waals surface area (Å²) in [6.07, 6.45) is 0. The molecule has 0 radical (unpaired) electrons.